The van der Waals surface area contributed by atoms with E-state index < -0.39 is 12.0 Å². The summed E-state index contributed by atoms with van der Waals surface area (Å²) >= 11 is 0. The van der Waals surface area contributed by atoms with Crippen molar-refractivity contribution in [3.05, 3.63) is 71.8 Å². The number of ether oxygens (including phenoxy) is 1. The van der Waals surface area contributed by atoms with E-state index in [-0.39, 0.29) is 24.9 Å². The number of amides is 2. The van der Waals surface area contributed by atoms with Crippen LogP contribution in [-0.4, -0.2) is 60.4 Å². The predicted molar refractivity (Wildman–Crippen MR) is 95.6 cm³/mol. The lowest BCUT2D eigenvalue weighted by Gasteiger charge is -2.39. The Balaban J connectivity index is 1.81. The number of carbonyl (C=O) groups excluding carboxylic acids is 3. The summed E-state index contributed by atoms with van der Waals surface area (Å²) in [4.78, 5) is 40.8. The van der Waals surface area contributed by atoms with Gasteiger partial charge in [-0.05, 0) is 24.3 Å². The van der Waals surface area contributed by atoms with E-state index in [2.05, 4.69) is 0 Å². The van der Waals surface area contributed by atoms with Crippen molar-refractivity contribution >= 4 is 17.8 Å². The van der Waals surface area contributed by atoms with Gasteiger partial charge in [-0.3, -0.25) is 9.59 Å². The smallest absolute Gasteiger partial charge is 0.330 e. The van der Waals surface area contributed by atoms with Gasteiger partial charge in [0.15, 0.2) is 0 Å². The first-order chi connectivity index (χ1) is 12.6. The van der Waals surface area contributed by atoms with E-state index in [4.69, 9.17) is 4.74 Å². The highest BCUT2D eigenvalue weighted by atomic mass is 16.5. The number of methoxy groups -OCH3 is 1. The van der Waals surface area contributed by atoms with Crippen LogP contribution in [-0.2, 0) is 9.53 Å². The highest BCUT2D eigenvalue weighted by Gasteiger charge is 2.38. The van der Waals surface area contributed by atoms with Gasteiger partial charge in [0.05, 0.1) is 13.7 Å². The maximum Gasteiger partial charge on any atom is 0.330 e. The van der Waals surface area contributed by atoms with Crippen molar-refractivity contribution in [1.29, 1.82) is 0 Å². The number of piperazine rings is 1. The SMILES string of the molecule is COC(=O)[C@H]1CN(C(=O)c2ccccc2)CCN1C(=O)c1ccccc1. The summed E-state index contributed by atoms with van der Waals surface area (Å²) in [6.07, 6.45) is 0. The third-order valence-electron chi connectivity index (χ3n) is 4.44. The van der Waals surface area contributed by atoms with Crippen molar-refractivity contribution in [2.75, 3.05) is 26.7 Å². The molecule has 6 nitrogen and oxygen atoms in total. The van der Waals surface area contributed by atoms with E-state index in [1.807, 2.05) is 12.1 Å². The minimum Gasteiger partial charge on any atom is -0.467 e. The third-order valence-corrected chi connectivity index (χ3v) is 4.44. The molecule has 1 aliphatic rings. The number of benzene rings is 2. The number of nitrogens with zero attached hydrogens (tertiary/aromatic N) is 2. The summed E-state index contributed by atoms with van der Waals surface area (Å²) in [5.41, 5.74) is 1.06. The molecule has 134 valence electrons. The normalized spacial score (nSPS) is 16.9. The number of hydrogen-bond donors (Lipinski definition) is 0. The van der Waals surface area contributed by atoms with Gasteiger partial charge in [-0.2, -0.15) is 0 Å². The molecule has 0 unspecified atom stereocenters. The molecular weight excluding hydrogens is 332 g/mol. The minimum absolute atomic E-state index is 0.110. The number of carbonyl (C=O) groups is 3. The second kappa shape index (κ2) is 7.82. The van der Waals surface area contributed by atoms with Crippen LogP contribution in [0.1, 0.15) is 20.7 Å². The van der Waals surface area contributed by atoms with Gasteiger partial charge in [0.1, 0.15) is 6.04 Å². The van der Waals surface area contributed by atoms with Crippen molar-refractivity contribution in [1.82, 2.24) is 9.80 Å². The first kappa shape index (κ1) is 17.7. The summed E-state index contributed by atoms with van der Waals surface area (Å²) in [5, 5.41) is 0. The third kappa shape index (κ3) is 3.59. The van der Waals surface area contributed by atoms with Crippen molar-refractivity contribution in [2.45, 2.75) is 6.04 Å². The van der Waals surface area contributed by atoms with Crippen molar-refractivity contribution in [3.8, 4) is 0 Å². The first-order valence-corrected chi connectivity index (χ1v) is 8.40. The largest absolute Gasteiger partial charge is 0.467 e. The first-order valence-electron chi connectivity index (χ1n) is 8.40. The molecule has 2 amide bonds. The lowest BCUT2D eigenvalue weighted by molar-refractivity contribution is -0.147. The van der Waals surface area contributed by atoms with Gasteiger partial charge in [-0.15, -0.1) is 0 Å². The zero-order valence-electron chi connectivity index (χ0n) is 14.5. The molecular formula is C20H20N2O4. The fourth-order valence-electron chi connectivity index (χ4n) is 3.06. The van der Waals surface area contributed by atoms with Crippen LogP contribution in [0.25, 0.3) is 0 Å². The standard InChI is InChI=1S/C20H20N2O4/c1-26-20(25)17-14-21(18(23)15-8-4-2-5-9-15)12-13-22(17)19(24)16-10-6-3-7-11-16/h2-11,17H,12-14H2,1H3/t17-/m1/s1. The van der Waals surface area contributed by atoms with Crippen LogP contribution >= 0.6 is 0 Å². The molecule has 0 spiro atoms. The van der Waals surface area contributed by atoms with Crippen LogP contribution in [0.5, 0.6) is 0 Å². The zero-order valence-corrected chi connectivity index (χ0v) is 14.5. The Kier molecular flexibility index (Phi) is 5.31. The maximum absolute atomic E-state index is 12.8. The van der Waals surface area contributed by atoms with E-state index in [0.717, 1.165) is 0 Å². The quantitative estimate of drug-likeness (QED) is 0.791. The van der Waals surface area contributed by atoms with Crippen molar-refractivity contribution in [2.24, 2.45) is 0 Å². The molecule has 0 radical (unpaired) electrons. The molecule has 2 aromatic rings. The van der Waals surface area contributed by atoms with Crippen LogP contribution in [0.3, 0.4) is 0 Å². The highest BCUT2D eigenvalue weighted by molar-refractivity contribution is 5.98. The Morgan fingerprint density at radius 3 is 1.92 bits per heavy atom. The molecule has 2 aromatic carbocycles. The number of rotatable bonds is 3. The minimum atomic E-state index is -0.825. The summed E-state index contributed by atoms with van der Waals surface area (Å²) in [7, 11) is 1.28. The Morgan fingerprint density at radius 2 is 1.38 bits per heavy atom. The predicted octanol–water partition coefficient (Wildman–Crippen LogP) is 1.83. The fourth-order valence-corrected chi connectivity index (χ4v) is 3.06. The second-order valence-corrected chi connectivity index (χ2v) is 6.02. The lowest BCUT2D eigenvalue weighted by Crippen LogP contribution is -2.59. The van der Waals surface area contributed by atoms with Gasteiger partial charge < -0.3 is 14.5 Å². The highest BCUT2D eigenvalue weighted by Crippen LogP contribution is 2.17. The van der Waals surface area contributed by atoms with Gasteiger partial charge >= 0.3 is 5.97 Å². The van der Waals surface area contributed by atoms with E-state index >= 15 is 0 Å². The van der Waals surface area contributed by atoms with Gasteiger partial charge in [0.2, 0.25) is 0 Å². The van der Waals surface area contributed by atoms with Crippen LogP contribution in [0.2, 0.25) is 0 Å². The number of hydrogen-bond acceptors (Lipinski definition) is 4. The van der Waals surface area contributed by atoms with E-state index in [1.54, 1.807) is 53.4 Å². The van der Waals surface area contributed by atoms with Crippen LogP contribution < -0.4 is 0 Å². The van der Waals surface area contributed by atoms with Gasteiger partial charge in [0, 0.05) is 24.2 Å². The molecule has 6 heteroatoms. The molecule has 0 saturated carbocycles. The summed E-state index contributed by atoms with van der Waals surface area (Å²) in [5.74, 6) is -0.932. The second-order valence-electron chi connectivity index (χ2n) is 6.02. The van der Waals surface area contributed by atoms with E-state index in [0.29, 0.717) is 17.7 Å². The van der Waals surface area contributed by atoms with Gasteiger partial charge in [-0.1, -0.05) is 36.4 Å². The lowest BCUT2D eigenvalue weighted by atomic mass is 10.1. The van der Waals surface area contributed by atoms with Gasteiger partial charge in [-0.25, -0.2) is 4.79 Å². The molecule has 1 atom stereocenters. The summed E-state index contributed by atoms with van der Waals surface area (Å²) in [6.45, 7) is 0.741. The van der Waals surface area contributed by atoms with E-state index in [9.17, 15) is 14.4 Å². The molecule has 3 rings (SSSR count). The van der Waals surface area contributed by atoms with Crippen LogP contribution in [0, 0.1) is 0 Å². The summed E-state index contributed by atoms with van der Waals surface area (Å²) < 4.78 is 4.87. The molecule has 1 fully saturated rings. The molecule has 1 saturated heterocycles. The molecule has 0 bridgehead atoms. The van der Waals surface area contributed by atoms with E-state index in [1.165, 1.54) is 12.0 Å². The van der Waals surface area contributed by atoms with Crippen LogP contribution in [0.4, 0.5) is 0 Å². The Labute approximate surface area is 152 Å². The van der Waals surface area contributed by atoms with Gasteiger partial charge in [0.25, 0.3) is 11.8 Å². The molecule has 0 aromatic heterocycles. The zero-order chi connectivity index (χ0) is 18.5. The Hall–Kier alpha value is -3.15. The molecule has 0 aliphatic carbocycles. The van der Waals surface area contributed by atoms with Crippen LogP contribution in [0.15, 0.2) is 60.7 Å². The monoisotopic (exact) mass is 352 g/mol. The molecule has 1 aliphatic heterocycles. The topological polar surface area (TPSA) is 66.9 Å². The number of esters is 1. The average Bonchev–Trinajstić information content (AvgIpc) is 2.73. The fraction of sp³-hybridized carbons (Fsp3) is 0.250. The van der Waals surface area contributed by atoms with Crippen molar-refractivity contribution in [3.63, 3.8) is 0 Å². The summed E-state index contributed by atoms with van der Waals surface area (Å²) in [6, 6.07) is 16.8. The van der Waals surface area contributed by atoms with Crippen molar-refractivity contribution < 1.29 is 19.1 Å². The maximum atomic E-state index is 12.8. The molecule has 0 N–H and O–H groups in total. The molecule has 1 heterocycles. The average molecular weight is 352 g/mol. The molecule has 26 heavy (non-hydrogen) atoms. The Morgan fingerprint density at radius 1 is 0.846 bits per heavy atom. The Bertz CT molecular complexity index is 792.